The molecule has 2 nitrogen and oxygen atoms in total. The van der Waals surface area contributed by atoms with Crippen LogP contribution in [0, 0.1) is 0 Å². The van der Waals surface area contributed by atoms with E-state index in [0.29, 0.717) is 6.04 Å². The Hall–Kier alpha value is -0.860. The van der Waals surface area contributed by atoms with E-state index in [2.05, 4.69) is 54.4 Å². The Bertz CT molecular complexity index is 319. The van der Waals surface area contributed by atoms with Crippen molar-refractivity contribution >= 4 is 0 Å². The first-order valence-corrected chi connectivity index (χ1v) is 6.81. The Balaban J connectivity index is 1.81. The van der Waals surface area contributed by atoms with Gasteiger partial charge in [-0.15, -0.1) is 0 Å². The van der Waals surface area contributed by atoms with Crippen LogP contribution in [0.25, 0.3) is 0 Å². The minimum absolute atomic E-state index is 0.687. The lowest BCUT2D eigenvalue weighted by atomic mass is 10.0. The van der Waals surface area contributed by atoms with Crippen molar-refractivity contribution in [1.29, 1.82) is 0 Å². The number of likely N-dealkylation sites (N-methyl/N-ethyl adjacent to an activating group) is 1. The number of nitrogens with one attached hydrogen (secondary N) is 1. The molecule has 1 fully saturated rings. The Morgan fingerprint density at radius 1 is 1.29 bits per heavy atom. The number of benzene rings is 1. The predicted molar refractivity (Wildman–Crippen MR) is 73.3 cm³/mol. The summed E-state index contributed by atoms with van der Waals surface area (Å²) in [5.41, 5.74) is 1.46. The first kappa shape index (κ1) is 12.6. The van der Waals surface area contributed by atoms with Crippen molar-refractivity contribution in [2.75, 3.05) is 19.6 Å². The summed E-state index contributed by atoms with van der Waals surface area (Å²) in [7, 11) is 0. The lowest BCUT2D eigenvalue weighted by molar-refractivity contribution is 0.105. The third-order valence-electron chi connectivity index (χ3n) is 3.85. The van der Waals surface area contributed by atoms with E-state index in [9.17, 15) is 0 Å². The van der Waals surface area contributed by atoms with Crippen molar-refractivity contribution in [3.05, 3.63) is 35.9 Å². The number of hydrogen-bond acceptors (Lipinski definition) is 2. The van der Waals surface area contributed by atoms with Crippen molar-refractivity contribution in [3.8, 4) is 0 Å². The predicted octanol–water partition coefficient (Wildman–Crippen LogP) is 2.30. The summed E-state index contributed by atoms with van der Waals surface area (Å²) in [6.07, 6.45) is 2.45. The highest BCUT2D eigenvalue weighted by molar-refractivity contribution is 5.14. The molecule has 0 spiro atoms. The molecule has 1 saturated heterocycles. The topological polar surface area (TPSA) is 15.3 Å². The molecule has 2 heteroatoms. The molecule has 0 radical (unpaired) electrons. The molecular formula is C15H24N2. The van der Waals surface area contributed by atoms with Crippen LogP contribution in [0.15, 0.2) is 30.3 Å². The molecule has 0 amide bonds. The van der Waals surface area contributed by atoms with Crippen LogP contribution >= 0.6 is 0 Å². The summed E-state index contributed by atoms with van der Waals surface area (Å²) in [5, 5.41) is 3.36. The molecule has 1 aromatic carbocycles. The first-order chi connectivity index (χ1) is 8.31. The van der Waals surface area contributed by atoms with E-state index in [1.54, 1.807) is 0 Å². The van der Waals surface area contributed by atoms with Crippen molar-refractivity contribution in [2.24, 2.45) is 0 Å². The highest BCUT2D eigenvalue weighted by atomic mass is 15.2. The van der Waals surface area contributed by atoms with E-state index in [4.69, 9.17) is 0 Å². The maximum atomic E-state index is 3.36. The first-order valence-electron chi connectivity index (χ1n) is 6.81. The molecule has 1 aromatic rings. The monoisotopic (exact) mass is 232 g/mol. The van der Waals surface area contributed by atoms with E-state index in [1.165, 1.54) is 38.0 Å². The number of hydrogen-bond donors (Lipinski definition) is 1. The van der Waals surface area contributed by atoms with Crippen molar-refractivity contribution in [2.45, 2.75) is 38.8 Å². The maximum Gasteiger partial charge on any atom is 0.0348 e. The molecule has 0 aliphatic carbocycles. The van der Waals surface area contributed by atoms with E-state index < -0.39 is 0 Å². The average molecular weight is 232 g/mol. The second-order valence-corrected chi connectivity index (χ2v) is 5.02. The normalized spacial score (nSPS) is 18.1. The van der Waals surface area contributed by atoms with Gasteiger partial charge in [0.1, 0.15) is 0 Å². The van der Waals surface area contributed by atoms with E-state index >= 15 is 0 Å². The zero-order valence-electron chi connectivity index (χ0n) is 11.0. The standard InChI is InChI=1S/C15H24N2/c1-3-17(15-11-16-12-15)13(2)9-10-14-7-5-4-6-8-14/h4-8,13,15-16H,3,9-12H2,1-2H3. The van der Waals surface area contributed by atoms with Gasteiger partial charge in [0, 0.05) is 25.2 Å². The maximum absolute atomic E-state index is 3.36. The fourth-order valence-electron chi connectivity index (χ4n) is 2.62. The molecule has 0 aromatic heterocycles. The molecule has 1 unspecified atom stereocenters. The fourth-order valence-corrected chi connectivity index (χ4v) is 2.62. The molecule has 1 aliphatic heterocycles. The van der Waals surface area contributed by atoms with Crippen LogP contribution in [0.1, 0.15) is 25.8 Å². The minimum atomic E-state index is 0.687. The summed E-state index contributed by atoms with van der Waals surface area (Å²) >= 11 is 0. The van der Waals surface area contributed by atoms with Gasteiger partial charge >= 0.3 is 0 Å². The van der Waals surface area contributed by atoms with E-state index in [-0.39, 0.29) is 0 Å². The van der Waals surface area contributed by atoms with Crippen LogP contribution in [0.3, 0.4) is 0 Å². The second-order valence-electron chi connectivity index (χ2n) is 5.02. The molecule has 1 heterocycles. The highest BCUT2D eigenvalue weighted by Crippen LogP contribution is 2.14. The average Bonchev–Trinajstić information content (AvgIpc) is 2.31. The van der Waals surface area contributed by atoms with Gasteiger partial charge < -0.3 is 5.32 Å². The zero-order chi connectivity index (χ0) is 12.1. The SMILES string of the molecule is CCN(C(C)CCc1ccccc1)C1CNC1. The van der Waals surface area contributed by atoms with Crippen molar-refractivity contribution < 1.29 is 0 Å². The highest BCUT2D eigenvalue weighted by Gasteiger charge is 2.26. The summed E-state index contributed by atoms with van der Waals surface area (Å²) in [6, 6.07) is 12.3. The zero-order valence-corrected chi connectivity index (χ0v) is 11.0. The molecule has 0 bridgehead atoms. The molecule has 17 heavy (non-hydrogen) atoms. The third kappa shape index (κ3) is 3.30. The van der Waals surface area contributed by atoms with Gasteiger partial charge in [-0.05, 0) is 31.9 Å². The molecule has 1 N–H and O–H groups in total. The molecule has 1 aliphatic rings. The second kappa shape index (κ2) is 6.18. The van der Waals surface area contributed by atoms with Gasteiger partial charge in [0.05, 0.1) is 0 Å². The minimum Gasteiger partial charge on any atom is -0.314 e. The molecule has 1 atom stereocenters. The van der Waals surface area contributed by atoms with Gasteiger partial charge in [0.2, 0.25) is 0 Å². The Kier molecular flexibility index (Phi) is 4.57. The lowest BCUT2D eigenvalue weighted by Gasteiger charge is -2.41. The van der Waals surface area contributed by atoms with Gasteiger partial charge in [-0.1, -0.05) is 37.3 Å². The summed E-state index contributed by atoms with van der Waals surface area (Å²) in [4.78, 5) is 2.64. The van der Waals surface area contributed by atoms with Crippen LogP contribution in [-0.4, -0.2) is 36.6 Å². The van der Waals surface area contributed by atoms with Gasteiger partial charge in [-0.25, -0.2) is 0 Å². The third-order valence-corrected chi connectivity index (χ3v) is 3.85. The smallest absolute Gasteiger partial charge is 0.0348 e. The summed E-state index contributed by atoms with van der Waals surface area (Å²) < 4.78 is 0. The number of aryl methyl sites for hydroxylation is 1. The van der Waals surface area contributed by atoms with Gasteiger partial charge in [0.15, 0.2) is 0 Å². The fraction of sp³-hybridized carbons (Fsp3) is 0.600. The van der Waals surface area contributed by atoms with Crippen LogP contribution in [0.2, 0.25) is 0 Å². The molecule has 0 saturated carbocycles. The largest absolute Gasteiger partial charge is 0.314 e. The van der Waals surface area contributed by atoms with E-state index in [1.807, 2.05) is 0 Å². The van der Waals surface area contributed by atoms with Gasteiger partial charge in [-0.2, -0.15) is 0 Å². The van der Waals surface area contributed by atoms with Crippen molar-refractivity contribution in [1.82, 2.24) is 10.2 Å². The summed E-state index contributed by atoms with van der Waals surface area (Å²) in [5.74, 6) is 0. The Morgan fingerprint density at radius 3 is 2.53 bits per heavy atom. The van der Waals surface area contributed by atoms with Crippen LogP contribution in [0.4, 0.5) is 0 Å². The van der Waals surface area contributed by atoms with Crippen LogP contribution < -0.4 is 5.32 Å². The number of nitrogens with zero attached hydrogens (tertiary/aromatic N) is 1. The van der Waals surface area contributed by atoms with Crippen LogP contribution in [-0.2, 0) is 6.42 Å². The Labute approximate surface area is 105 Å². The lowest BCUT2D eigenvalue weighted by Crippen LogP contribution is -2.59. The molecule has 94 valence electrons. The quantitative estimate of drug-likeness (QED) is 0.809. The van der Waals surface area contributed by atoms with E-state index in [0.717, 1.165) is 6.04 Å². The van der Waals surface area contributed by atoms with Gasteiger partial charge in [0.25, 0.3) is 0 Å². The summed E-state index contributed by atoms with van der Waals surface area (Å²) in [6.45, 7) is 8.15. The van der Waals surface area contributed by atoms with Crippen LogP contribution in [0.5, 0.6) is 0 Å². The Morgan fingerprint density at radius 2 is 2.00 bits per heavy atom. The molecular weight excluding hydrogens is 208 g/mol. The van der Waals surface area contributed by atoms with Gasteiger partial charge in [-0.3, -0.25) is 4.90 Å². The van der Waals surface area contributed by atoms with Crippen molar-refractivity contribution in [3.63, 3.8) is 0 Å². The molecule has 2 rings (SSSR count). The number of rotatable bonds is 6.